The van der Waals surface area contributed by atoms with E-state index in [0.29, 0.717) is 0 Å². The van der Waals surface area contributed by atoms with Crippen molar-refractivity contribution in [2.24, 2.45) is 0 Å². The van der Waals surface area contributed by atoms with Gasteiger partial charge in [0.05, 0.1) is 0 Å². The summed E-state index contributed by atoms with van der Waals surface area (Å²) in [7, 11) is 2.10. The Morgan fingerprint density at radius 2 is 1.55 bits per heavy atom. The van der Waals surface area contributed by atoms with E-state index in [1.165, 1.54) is 38.5 Å². The summed E-state index contributed by atoms with van der Waals surface area (Å²) in [4.78, 5) is 15.8. The van der Waals surface area contributed by atoms with Crippen LogP contribution in [-0.2, 0) is 4.79 Å². The number of unbranched alkanes of at least 4 members (excludes halogenated alkanes) is 6. The van der Waals surface area contributed by atoms with E-state index in [4.69, 9.17) is 0 Å². The summed E-state index contributed by atoms with van der Waals surface area (Å²) in [5, 5.41) is 9.41. The molecular weight excluding hydrogens is 252 g/mol. The Kier molecular flexibility index (Phi) is 8.86. The van der Waals surface area contributed by atoms with Crippen LogP contribution in [0, 0.1) is 0 Å². The molecule has 4 heteroatoms. The second-order valence-corrected chi connectivity index (χ2v) is 6.10. The van der Waals surface area contributed by atoms with Crippen molar-refractivity contribution >= 4 is 5.97 Å². The number of piperazine rings is 1. The lowest BCUT2D eigenvalue weighted by Gasteiger charge is -2.36. The molecule has 0 amide bonds. The van der Waals surface area contributed by atoms with E-state index in [2.05, 4.69) is 23.8 Å². The molecule has 0 spiro atoms. The van der Waals surface area contributed by atoms with Crippen LogP contribution in [0.2, 0.25) is 0 Å². The highest BCUT2D eigenvalue weighted by molar-refractivity contribution is 5.73. The van der Waals surface area contributed by atoms with Gasteiger partial charge in [0.2, 0.25) is 0 Å². The summed E-state index contributed by atoms with van der Waals surface area (Å²) in [6, 6.07) is -0.264. The molecule has 1 rings (SSSR count). The molecule has 1 heterocycles. The Bertz CT molecular complexity index is 263. The summed E-state index contributed by atoms with van der Waals surface area (Å²) in [5.74, 6) is -0.638. The fourth-order valence-electron chi connectivity index (χ4n) is 2.89. The largest absolute Gasteiger partial charge is 0.480 e. The zero-order valence-corrected chi connectivity index (χ0v) is 13.3. The van der Waals surface area contributed by atoms with Gasteiger partial charge in [-0.1, -0.05) is 51.9 Å². The predicted octanol–water partition coefficient (Wildman–Crippen LogP) is 2.83. The minimum absolute atomic E-state index is 0.264. The highest BCUT2D eigenvalue weighted by Gasteiger charge is 2.27. The average Bonchev–Trinajstić information content (AvgIpc) is 2.43. The van der Waals surface area contributed by atoms with Crippen LogP contribution in [0.5, 0.6) is 0 Å². The molecule has 1 fully saturated rings. The molecule has 1 saturated heterocycles. The van der Waals surface area contributed by atoms with Gasteiger partial charge in [-0.2, -0.15) is 0 Å². The Labute approximate surface area is 124 Å². The summed E-state index contributed by atoms with van der Waals surface area (Å²) in [6.07, 6.45) is 9.56. The van der Waals surface area contributed by atoms with Gasteiger partial charge in [0.25, 0.3) is 0 Å². The maximum Gasteiger partial charge on any atom is 0.320 e. The summed E-state index contributed by atoms with van der Waals surface area (Å²) in [5.41, 5.74) is 0. The van der Waals surface area contributed by atoms with Gasteiger partial charge in [-0.25, -0.2) is 0 Å². The van der Waals surface area contributed by atoms with Crippen molar-refractivity contribution in [1.82, 2.24) is 9.80 Å². The van der Waals surface area contributed by atoms with Crippen molar-refractivity contribution in [2.45, 2.75) is 64.3 Å². The van der Waals surface area contributed by atoms with E-state index in [1.54, 1.807) is 0 Å². The monoisotopic (exact) mass is 284 g/mol. The van der Waals surface area contributed by atoms with Crippen LogP contribution in [0.15, 0.2) is 0 Å². The molecule has 1 atom stereocenters. The van der Waals surface area contributed by atoms with Crippen LogP contribution in [0.1, 0.15) is 58.3 Å². The first-order valence-electron chi connectivity index (χ1n) is 8.30. The zero-order chi connectivity index (χ0) is 14.8. The second kappa shape index (κ2) is 10.2. The first-order chi connectivity index (χ1) is 9.65. The second-order valence-electron chi connectivity index (χ2n) is 6.10. The third kappa shape index (κ3) is 6.71. The van der Waals surface area contributed by atoms with Gasteiger partial charge < -0.3 is 10.0 Å². The van der Waals surface area contributed by atoms with Gasteiger partial charge >= 0.3 is 5.97 Å². The van der Waals surface area contributed by atoms with Crippen molar-refractivity contribution in [2.75, 3.05) is 33.2 Å². The fraction of sp³-hybridized carbons (Fsp3) is 0.938. The molecule has 0 saturated carbocycles. The standard InChI is InChI=1S/C16H32N2O2/c1-3-4-5-6-7-8-9-10-15(16(19)20)18-13-11-17(2)12-14-18/h15H,3-14H2,1-2H3,(H,19,20). The van der Waals surface area contributed by atoms with Crippen molar-refractivity contribution in [3.05, 3.63) is 0 Å². The molecule has 118 valence electrons. The third-order valence-corrected chi connectivity index (χ3v) is 4.34. The van der Waals surface area contributed by atoms with Gasteiger partial charge in [0.15, 0.2) is 0 Å². The molecule has 4 nitrogen and oxygen atoms in total. The van der Waals surface area contributed by atoms with E-state index in [9.17, 15) is 9.90 Å². The van der Waals surface area contributed by atoms with Crippen LogP contribution >= 0.6 is 0 Å². The number of nitrogens with zero attached hydrogens (tertiary/aromatic N) is 2. The molecule has 0 radical (unpaired) electrons. The molecule has 1 unspecified atom stereocenters. The van der Waals surface area contributed by atoms with E-state index in [0.717, 1.165) is 39.0 Å². The van der Waals surface area contributed by atoms with Gasteiger partial charge in [-0.3, -0.25) is 9.69 Å². The molecule has 20 heavy (non-hydrogen) atoms. The first kappa shape index (κ1) is 17.4. The normalized spacial score (nSPS) is 19.1. The number of rotatable bonds is 10. The number of carboxylic acids is 1. The molecule has 1 aliphatic rings. The van der Waals surface area contributed by atoms with Crippen LogP contribution in [0.4, 0.5) is 0 Å². The molecule has 0 aromatic carbocycles. The average molecular weight is 284 g/mol. The number of hydrogen-bond donors (Lipinski definition) is 1. The Balaban J connectivity index is 2.17. The summed E-state index contributed by atoms with van der Waals surface area (Å²) < 4.78 is 0. The number of carboxylic acid groups (broad SMARTS) is 1. The van der Waals surface area contributed by atoms with E-state index in [-0.39, 0.29) is 6.04 Å². The smallest absolute Gasteiger partial charge is 0.320 e. The first-order valence-corrected chi connectivity index (χ1v) is 8.30. The lowest BCUT2D eigenvalue weighted by molar-refractivity contribution is -0.144. The van der Waals surface area contributed by atoms with Gasteiger partial charge in [-0.15, -0.1) is 0 Å². The molecular formula is C16H32N2O2. The quantitative estimate of drug-likeness (QED) is 0.627. The van der Waals surface area contributed by atoms with Crippen LogP contribution in [0.25, 0.3) is 0 Å². The number of likely N-dealkylation sites (N-methyl/N-ethyl adjacent to an activating group) is 1. The molecule has 1 N–H and O–H groups in total. The lowest BCUT2D eigenvalue weighted by Crippen LogP contribution is -2.51. The van der Waals surface area contributed by atoms with Crippen LogP contribution in [0.3, 0.4) is 0 Å². The van der Waals surface area contributed by atoms with E-state index < -0.39 is 5.97 Å². The lowest BCUT2D eigenvalue weighted by atomic mass is 10.0. The Morgan fingerprint density at radius 1 is 1.00 bits per heavy atom. The van der Waals surface area contributed by atoms with E-state index in [1.807, 2.05) is 0 Å². The maximum absolute atomic E-state index is 11.4. The van der Waals surface area contributed by atoms with Gasteiger partial charge in [0.1, 0.15) is 6.04 Å². The Morgan fingerprint density at radius 3 is 2.10 bits per heavy atom. The van der Waals surface area contributed by atoms with Gasteiger partial charge in [-0.05, 0) is 13.5 Å². The van der Waals surface area contributed by atoms with E-state index >= 15 is 0 Å². The molecule has 0 aromatic heterocycles. The predicted molar refractivity (Wildman–Crippen MR) is 83.1 cm³/mol. The molecule has 0 bridgehead atoms. The molecule has 0 aromatic rings. The SMILES string of the molecule is CCCCCCCCCC(C(=O)O)N1CCN(C)CC1. The van der Waals surface area contributed by atoms with Crippen molar-refractivity contribution in [3.63, 3.8) is 0 Å². The minimum atomic E-state index is -0.638. The Hall–Kier alpha value is -0.610. The van der Waals surface area contributed by atoms with Crippen molar-refractivity contribution < 1.29 is 9.90 Å². The topological polar surface area (TPSA) is 43.8 Å². The molecule has 1 aliphatic heterocycles. The van der Waals surface area contributed by atoms with Crippen molar-refractivity contribution in [3.8, 4) is 0 Å². The van der Waals surface area contributed by atoms with Crippen LogP contribution < -0.4 is 0 Å². The summed E-state index contributed by atoms with van der Waals surface area (Å²) >= 11 is 0. The minimum Gasteiger partial charge on any atom is -0.480 e. The number of hydrogen-bond acceptors (Lipinski definition) is 3. The number of aliphatic carboxylic acids is 1. The zero-order valence-electron chi connectivity index (χ0n) is 13.3. The van der Waals surface area contributed by atoms with Crippen molar-refractivity contribution in [1.29, 1.82) is 0 Å². The highest BCUT2D eigenvalue weighted by Crippen LogP contribution is 2.14. The number of carbonyl (C=O) groups is 1. The van der Waals surface area contributed by atoms with Crippen LogP contribution in [-0.4, -0.2) is 60.1 Å². The van der Waals surface area contributed by atoms with Gasteiger partial charge in [0, 0.05) is 26.2 Å². The summed E-state index contributed by atoms with van der Waals surface area (Å²) in [6.45, 7) is 5.99. The maximum atomic E-state index is 11.4. The molecule has 0 aliphatic carbocycles. The fourth-order valence-corrected chi connectivity index (χ4v) is 2.89. The highest BCUT2D eigenvalue weighted by atomic mass is 16.4. The third-order valence-electron chi connectivity index (χ3n) is 4.34.